The Bertz CT molecular complexity index is 1500. The Hall–Kier alpha value is -4.50. The highest BCUT2D eigenvalue weighted by molar-refractivity contribution is 6.02. The van der Waals surface area contributed by atoms with E-state index in [1.54, 1.807) is 18.2 Å². The molecule has 5 N–H and O–H groups in total. The van der Waals surface area contributed by atoms with Crippen LogP contribution in [-0.4, -0.2) is 105 Å². The second-order valence-electron chi connectivity index (χ2n) is 15.0. The predicted octanol–water partition coefficient (Wildman–Crippen LogP) is 5.49. The number of unbranched alkanes of at least 4 members (excludes halogenated alkanes) is 8. The van der Waals surface area contributed by atoms with Gasteiger partial charge in [0.2, 0.25) is 17.7 Å². The highest BCUT2D eigenvalue weighted by Gasteiger charge is 2.42. The van der Waals surface area contributed by atoms with Crippen LogP contribution in [0.1, 0.15) is 135 Å². The zero-order valence-corrected chi connectivity index (χ0v) is 33.4. The van der Waals surface area contributed by atoms with Crippen LogP contribution in [0.3, 0.4) is 0 Å². The molecule has 0 aromatic heterocycles. The van der Waals surface area contributed by atoms with Crippen LogP contribution in [0.15, 0.2) is 41.4 Å². The fraction of sp³-hybridized carbons (Fsp3) is 0.659. The van der Waals surface area contributed by atoms with Gasteiger partial charge in [-0.25, -0.2) is 19.9 Å². The average Bonchev–Trinajstić information content (AvgIpc) is 3.50. The third kappa shape index (κ3) is 15.6. The van der Waals surface area contributed by atoms with E-state index in [9.17, 15) is 39.5 Å². The molecule has 1 saturated heterocycles. The number of amides is 4. The molecule has 0 aliphatic carbocycles. The number of phenols is 1. The monoisotopic (exact) mass is 785 g/mol. The standard InChI is InChI=1S/C41H63N5O10/c1-4-5-6-7-8-9-10-11-12-13-14-25-36(49)45(53)26-19-18-23-33(43-40(52)41(3)29-55-37(44-41)31-21-15-16-24-34(31)47)39(51)56-30(2)28-35(48)42-32-22-17-20-27-46(54)38(32)50/h11-12,15-16,21,24,30,32-33,47,53-54H,4-10,13-14,17-20,22-23,25-29H2,1-3H3,(H,42,48)(H,43,52)/b12-11-. The second kappa shape index (κ2) is 24.2. The van der Waals surface area contributed by atoms with Gasteiger partial charge < -0.3 is 25.2 Å². The summed E-state index contributed by atoms with van der Waals surface area (Å²) in [6.07, 6.45) is 15.5. The SMILES string of the molecule is CCCCCCCC/C=C\CCCC(=O)N(O)CCCCC(NC(=O)C1(C)COC(c2ccccc2O)=N1)C(=O)OC(C)CC(=O)NC1CCCCN(O)C1=O. The van der Waals surface area contributed by atoms with Gasteiger partial charge in [0.25, 0.3) is 11.8 Å². The van der Waals surface area contributed by atoms with Gasteiger partial charge in [0, 0.05) is 19.5 Å². The van der Waals surface area contributed by atoms with Crippen LogP contribution in [0.25, 0.3) is 0 Å². The number of aliphatic imine (C=N–C) groups is 1. The fourth-order valence-electron chi connectivity index (χ4n) is 6.48. The Morgan fingerprint density at radius 1 is 1.05 bits per heavy atom. The van der Waals surface area contributed by atoms with Crippen molar-refractivity contribution in [2.24, 2.45) is 4.99 Å². The Balaban J connectivity index is 1.53. The Morgan fingerprint density at radius 2 is 1.77 bits per heavy atom. The highest BCUT2D eigenvalue weighted by atomic mass is 16.5. The number of phenolic OH excluding ortho intramolecular Hbond substituents is 1. The van der Waals surface area contributed by atoms with E-state index in [1.807, 2.05) is 0 Å². The first-order valence-corrected chi connectivity index (χ1v) is 20.3. The summed E-state index contributed by atoms with van der Waals surface area (Å²) in [6, 6.07) is 4.34. The molecule has 2 aliphatic heterocycles. The molecule has 0 bridgehead atoms. The first-order chi connectivity index (χ1) is 26.8. The largest absolute Gasteiger partial charge is 0.507 e. The van der Waals surface area contributed by atoms with Crippen LogP contribution in [0.5, 0.6) is 5.75 Å². The molecule has 3 rings (SSSR count). The van der Waals surface area contributed by atoms with Gasteiger partial charge in [-0.05, 0) is 90.2 Å². The van der Waals surface area contributed by atoms with Gasteiger partial charge in [-0.2, -0.15) is 0 Å². The van der Waals surface area contributed by atoms with E-state index in [0.29, 0.717) is 54.2 Å². The van der Waals surface area contributed by atoms with Crippen molar-refractivity contribution >= 4 is 35.5 Å². The van der Waals surface area contributed by atoms with Gasteiger partial charge in [0.05, 0.1) is 12.0 Å². The number of para-hydroxylation sites is 1. The van der Waals surface area contributed by atoms with Gasteiger partial charge in [0.15, 0.2) is 5.54 Å². The zero-order chi connectivity index (χ0) is 40.9. The number of carbonyl (C=O) groups excluding carboxylic acids is 5. The maximum absolute atomic E-state index is 13.6. The molecule has 2 aliphatic rings. The number of hydrogen-bond acceptors (Lipinski definition) is 11. The third-order valence-corrected chi connectivity index (χ3v) is 9.90. The maximum atomic E-state index is 13.6. The molecule has 0 saturated carbocycles. The van der Waals surface area contributed by atoms with Crippen molar-refractivity contribution in [3.8, 4) is 5.75 Å². The smallest absolute Gasteiger partial charge is 0.328 e. The summed E-state index contributed by atoms with van der Waals surface area (Å²) in [4.78, 5) is 69.2. The molecular weight excluding hydrogens is 722 g/mol. The van der Waals surface area contributed by atoms with Crippen molar-refractivity contribution in [3.63, 3.8) is 0 Å². The van der Waals surface area contributed by atoms with E-state index in [2.05, 4.69) is 34.7 Å². The lowest BCUT2D eigenvalue weighted by Crippen LogP contribution is -2.52. The van der Waals surface area contributed by atoms with Gasteiger partial charge in [-0.1, -0.05) is 63.3 Å². The Kier molecular flexibility index (Phi) is 19.8. The van der Waals surface area contributed by atoms with E-state index < -0.39 is 53.3 Å². The third-order valence-electron chi connectivity index (χ3n) is 9.90. The van der Waals surface area contributed by atoms with Crippen LogP contribution in [0.4, 0.5) is 0 Å². The number of hydroxylamine groups is 4. The molecule has 15 nitrogen and oxygen atoms in total. The number of benzene rings is 1. The van der Waals surface area contributed by atoms with E-state index in [1.165, 1.54) is 58.4 Å². The summed E-state index contributed by atoms with van der Waals surface area (Å²) < 4.78 is 11.3. The van der Waals surface area contributed by atoms with Crippen LogP contribution in [0, 0.1) is 0 Å². The van der Waals surface area contributed by atoms with Crippen LogP contribution < -0.4 is 10.6 Å². The van der Waals surface area contributed by atoms with E-state index in [-0.39, 0.29) is 50.6 Å². The van der Waals surface area contributed by atoms with Gasteiger partial charge in [-0.15, -0.1) is 0 Å². The molecule has 1 fully saturated rings. The number of carbonyl (C=O) groups is 5. The number of nitrogens with zero attached hydrogens (tertiary/aromatic N) is 3. The van der Waals surface area contributed by atoms with Gasteiger partial charge >= 0.3 is 5.97 Å². The van der Waals surface area contributed by atoms with Crippen molar-refractivity contribution in [1.82, 2.24) is 20.8 Å². The first-order valence-electron chi connectivity index (χ1n) is 20.3. The number of allylic oxidation sites excluding steroid dienone is 2. The first kappa shape index (κ1) is 45.9. The minimum absolute atomic E-state index is 0.0317. The van der Waals surface area contributed by atoms with Gasteiger partial charge in [-0.3, -0.25) is 29.6 Å². The molecular formula is C41H63N5O10. The summed E-state index contributed by atoms with van der Waals surface area (Å²) in [5.41, 5.74) is -1.13. The molecule has 1 aromatic rings. The lowest BCUT2D eigenvalue weighted by Gasteiger charge is -2.25. The zero-order valence-electron chi connectivity index (χ0n) is 33.4. The average molecular weight is 786 g/mol. The summed E-state index contributed by atoms with van der Waals surface area (Å²) in [7, 11) is 0. The summed E-state index contributed by atoms with van der Waals surface area (Å²) >= 11 is 0. The number of nitrogens with one attached hydrogen (secondary N) is 2. The van der Waals surface area contributed by atoms with Crippen LogP contribution in [0.2, 0.25) is 0 Å². The predicted molar refractivity (Wildman–Crippen MR) is 209 cm³/mol. The molecule has 2 heterocycles. The lowest BCUT2D eigenvalue weighted by molar-refractivity contribution is -0.167. The molecule has 15 heteroatoms. The molecule has 0 spiro atoms. The number of rotatable bonds is 24. The van der Waals surface area contributed by atoms with Crippen LogP contribution in [-0.2, 0) is 33.4 Å². The maximum Gasteiger partial charge on any atom is 0.328 e. The van der Waals surface area contributed by atoms with Crippen molar-refractivity contribution in [2.45, 2.75) is 154 Å². The molecule has 4 unspecified atom stereocenters. The molecule has 4 atom stereocenters. The number of aromatic hydroxyl groups is 1. The minimum atomic E-state index is -1.44. The Morgan fingerprint density at radius 3 is 2.52 bits per heavy atom. The topological polar surface area (TPSA) is 207 Å². The second-order valence-corrected chi connectivity index (χ2v) is 15.0. The normalized spacial score (nSPS) is 19.4. The van der Waals surface area contributed by atoms with Crippen molar-refractivity contribution < 1.29 is 49.0 Å². The number of hydrogen-bond donors (Lipinski definition) is 5. The van der Waals surface area contributed by atoms with Crippen molar-refractivity contribution in [2.75, 3.05) is 19.7 Å². The molecule has 56 heavy (non-hydrogen) atoms. The number of esters is 1. The highest BCUT2D eigenvalue weighted by Crippen LogP contribution is 2.26. The van der Waals surface area contributed by atoms with Gasteiger partial charge in [0.1, 0.15) is 30.5 Å². The molecule has 312 valence electrons. The number of ether oxygens (including phenoxy) is 2. The quantitative estimate of drug-likeness (QED) is 0.0293. The van der Waals surface area contributed by atoms with E-state index in [0.717, 1.165) is 12.8 Å². The Labute approximate surface area is 330 Å². The van der Waals surface area contributed by atoms with Crippen molar-refractivity contribution in [3.05, 3.63) is 42.0 Å². The van der Waals surface area contributed by atoms with E-state index >= 15 is 0 Å². The fourth-order valence-corrected chi connectivity index (χ4v) is 6.48. The van der Waals surface area contributed by atoms with Crippen molar-refractivity contribution in [1.29, 1.82) is 0 Å². The summed E-state index contributed by atoms with van der Waals surface area (Å²) in [5, 5.41) is 37.1. The molecule has 1 aromatic carbocycles. The summed E-state index contributed by atoms with van der Waals surface area (Å²) in [5.74, 6) is -2.97. The molecule has 4 amide bonds. The molecule has 0 radical (unpaired) electrons. The lowest BCUT2D eigenvalue weighted by atomic mass is 10.0. The van der Waals surface area contributed by atoms with Crippen LogP contribution >= 0.6 is 0 Å². The summed E-state index contributed by atoms with van der Waals surface area (Å²) in [6.45, 7) is 5.32. The van der Waals surface area contributed by atoms with E-state index in [4.69, 9.17) is 9.47 Å². The minimum Gasteiger partial charge on any atom is -0.507 e.